The van der Waals surface area contributed by atoms with Gasteiger partial charge < -0.3 is 10.2 Å². The van der Waals surface area contributed by atoms with Crippen LogP contribution in [0.2, 0.25) is 0 Å². The molecular formula is C26H22F4N4O4S. The van der Waals surface area contributed by atoms with Gasteiger partial charge in [0.25, 0.3) is 10.0 Å². The lowest BCUT2D eigenvalue weighted by Crippen LogP contribution is -2.40. The van der Waals surface area contributed by atoms with Crippen LogP contribution < -0.4 is 5.73 Å². The predicted molar refractivity (Wildman–Crippen MR) is 133 cm³/mol. The lowest BCUT2D eigenvalue weighted by molar-refractivity contribution is -0.137. The molecule has 5 rings (SSSR count). The number of halogens is 4. The van der Waals surface area contributed by atoms with E-state index in [1.165, 1.54) is 30.3 Å². The highest BCUT2D eigenvalue weighted by atomic mass is 32.2. The molecule has 1 atom stereocenters. The van der Waals surface area contributed by atoms with Gasteiger partial charge in [-0.3, -0.25) is 4.79 Å². The quantitative estimate of drug-likeness (QED) is 0.315. The zero-order chi connectivity index (χ0) is 27.9. The fourth-order valence-corrected chi connectivity index (χ4v) is 6.25. The number of fused-ring (bicyclic) bond motifs is 1. The molecule has 13 heteroatoms. The highest BCUT2D eigenvalue weighted by Crippen LogP contribution is 2.32. The number of Topliss-reactive ketones (excluding diaryl/α,β-unsaturated/α-hetero) is 1. The molecular weight excluding hydrogens is 540 g/mol. The standard InChI is InChI=1S/C26H22F4N4O4S/c27-18-7-10-23-16(12-18)13-24(38-23)39(36,37)34-11-1-2-21(34)22(35)9-8-19-14-20(33-25(31)32-19)15-3-5-17(6-4-15)26(28,29)30/h3-7,10,12-14,21H,1-2,8-9,11H2,(H2,31,32,33)/t21-/m0/s1. The summed E-state index contributed by atoms with van der Waals surface area (Å²) in [6, 6.07) is 9.93. The number of nitrogens with two attached hydrogens (primary N) is 1. The third-order valence-electron chi connectivity index (χ3n) is 6.53. The first-order valence-electron chi connectivity index (χ1n) is 12.0. The third kappa shape index (κ3) is 5.50. The van der Waals surface area contributed by atoms with E-state index in [1.807, 2.05) is 0 Å². The first kappa shape index (κ1) is 26.8. The Morgan fingerprint density at radius 1 is 1.08 bits per heavy atom. The van der Waals surface area contributed by atoms with E-state index in [0.717, 1.165) is 28.6 Å². The van der Waals surface area contributed by atoms with Crippen molar-refractivity contribution in [3.63, 3.8) is 0 Å². The molecule has 0 aliphatic carbocycles. The number of furan rings is 1. The van der Waals surface area contributed by atoms with Gasteiger partial charge in [-0.15, -0.1) is 0 Å². The van der Waals surface area contributed by atoms with Crippen LogP contribution in [0.15, 0.2) is 64.1 Å². The number of aryl methyl sites for hydroxylation is 1. The van der Waals surface area contributed by atoms with E-state index in [1.54, 1.807) is 0 Å². The van der Waals surface area contributed by atoms with Gasteiger partial charge in [-0.05, 0) is 55.7 Å². The Hall–Kier alpha value is -3.84. The lowest BCUT2D eigenvalue weighted by atomic mass is 10.0. The largest absolute Gasteiger partial charge is 0.443 e. The molecule has 8 nitrogen and oxygen atoms in total. The minimum atomic E-state index is -4.47. The number of hydrogen-bond donors (Lipinski definition) is 1. The van der Waals surface area contributed by atoms with Crippen molar-refractivity contribution in [2.45, 2.75) is 43.0 Å². The summed E-state index contributed by atoms with van der Waals surface area (Å²) in [5.74, 6) is -0.971. The molecule has 4 aromatic rings. The molecule has 0 spiro atoms. The molecule has 2 aromatic heterocycles. The van der Waals surface area contributed by atoms with Gasteiger partial charge >= 0.3 is 6.18 Å². The lowest BCUT2D eigenvalue weighted by Gasteiger charge is -2.21. The maximum Gasteiger partial charge on any atom is 0.416 e. The Morgan fingerprint density at radius 3 is 2.54 bits per heavy atom. The summed E-state index contributed by atoms with van der Waals surface area (Å²) >= 11 is 0. The second kappa shape index (κ2) is 10.0. The van der Waals surface area contributed by atoms with E-state index in [0.29, 0.717) is 35.2 Å². The van der Waals surface area contributed by atoms with Gasteiger partial charge in [0.2, 0.25) is 11.0 Å². The Morgan fingerprint density at radius 2 is 1.82 bits per heavy atom. The first-order valence-corrected chi connectivity index (χ1v) is 13.4. The van der Waals surface area contributed by atoms with Crippen LogP contribution in [-0.2, 0) is 27.4 Å². The molecule has 1 fully saturated rings. The molecule has 0 saturated carbocycles. The minimum Gasteiger partial charge on any atom is -0.443 e. The average molecular weight is 563 g/mol. The number of benzene rings is 2. The smallest absolute Gasteiger partial charge is 0.416 e. The van der Waals surface area contributed by atoms with Crippen molar-refractivity contribution in [2.75, 3.05) is 12.3 Å². The fraction of sp³-hybridized carbons (Fsp3) is 0.269. The van der Waals surface area contributed by atoms with Gasteiger partial charge in [0, 0.05) is 35.7 Å². The van der Waals surface area contributed by atoms with Crippen LogP contribution in [0.4, 0.5) is 23.5 Å². The molecule has 0 unspecified atom stereocenters. The van der Waals surface area contributed by atoms with E-state index < -0.39 is 33.6 Å². The van der Waals surface area contributed by atoms with E-state index in [9.17, 15) is 30.8 Å². The predicted octanol–water partition coefficient (Wildman–Crippen LogP) is 4.98. The summed E-state index contributed by atoms with van der Waals surface area (Å²) in [5, 5.41) is -0.0755. The summed E-state index contributed by atoms with van der Waals surface area (Å²) in [7, 11) is -4.16. The molecule has 0 amide bonds. The van der Waals surface area contributed by atoms with Crippen LogP contribution in [-0.4, -0.2) is 41.1 Å². The second-order valence-corrected chi connectivity index (χ2v) is 11.0. The van der Waals surface area contributed by atoms with Gasteiger partial charge in [-0.2, -0.15) is 17.5 Å². The molecule has 1 aliphatic rings. The van der Waals surface area contributed by atoms with E-state index >= 15 is 0 Å². The molecule has 39 heavy (non-hydrogen) atoms. The number of nitrogens with zero attached hydrogens (tertiary/aromatic N) is 3. The maximum absolute atomic E-state index is 13.5. The van der Waals surface area contributed by atoms with Crippen molar-refractivity contribution in [2.24, 2.45) is 0 Å². The minimum absolute atomic E-state index is 0.0507. The van der Waals surface area contributed by atoms with Crippen molar-refractivity contribution >= 4 is 32.7 Å². The number of anilines is 1. The average Bonchev–Trinajstić information content (AvgIpc) is 3.55. The summed E-state index contributed by atoms with van der Waals surface area (Å²) in [6.07, 6.45) is -3.60. The number of nitrogen functional groups attached to an aromatic ring is 1. The normalized spacial score (nSPS) is 16.7. The number of hydrogen-bond acceptors (Lipinski definition) is 7. The summed E-state index contributed by atoms with van der Waals surface area (Å²) < 4.78 is 85.3. The van der Waals surface area contributed by atoms with Crippen LogP contribution in [0.25, 0.3) is 22.2 Å². The number of rotatable bonds is 7. The van der Waals surface area contributed by atoms with Gasteiger partial charge in [0.05, 0.1) is 17.3 Å². The van der Waals surface area contributed by atoms with Crippen LogP contribution in [0.3, 0.4) is 0 Å². The van der Waals surface area contributed by atoms with Crippen LogP contribution in [0, 0.1) is 5.82 Å². The number of carbonyl (C=O) groups excluding carboxylic acids is 1. The molecule has 204 valence electrons. The number of carbonyl (C=O) groups is 1. The maximum atomic E-state index is 13.5. The van der Waals surface area contributed by atoms with Gasteiger partial charge in [0.1, 0.15) is 11.4 Å². The molecule has 0 bridgehead atoms. The SMILES string of the molecule is Nc1nc(CCC(=O)[C@@H]2CCCN2S(=O)(=O)c2cc3cc(F)ccc3o2)cc(-c2ccc(C(F)(F)F)cc2)n1. The highest BCUT2D eigenvalue weighted by Gasteiger charge is 2.40. The van der Waals surface area contributed by atoms with Crippen LogP contribution in [0.1, 0.15) is 30.5 Å². The molecule has 1 aliphatic heterocycles. The van der Waals surface area contributed by atoms with Crippen molar-refractivity contribution in [1.29, 1.82) is 0 Å². The fourth-order valence-electron chi connectivity index (χ4n) is 4.62. The molecule has 1 saturated heterocycles. The number of sulfonamides is 1. The van der Waals surface area contributed by atoms with E-state index in [4.69, 9.17) is 10.2 Å². The Bertz CT molecular complexity index is 1650. The zero-order valence-corrected chi connectivity index (χ0v) is 21.1. The van der Waals surface area contributed by atoms with E-state index in [2.05, 4.69) is 9.97 Å². The number of ketones is 1. The molecule has 3 heterocycles. The van der Waals surface area contributed by atoms with Crippen molar-refractivity contribution in [3.05, 3.63) is 71.7 Å². The Balaban J connectivity index is 1.31. The number of alkyl halides is 3. The van der Waals surface area contributed by atoms with Crippen molar-refractivity contribution in [3.8, 4) is 11.3 Å². The van der Waals surface area contributed by atoms with Crippen molar-refractivity contribution in [1.82, 2.24) is 14.3 Å². The second-order valence-electron chi connectivity index (χ2n) is 9.17. The Kier molecular flexibility index (Phi) is 6.89. The monoisotopic (exact) mass is 562 g/mol. The van der Waals surface area contributed by atoms with Gasteiger partial charge in [0.15, 0.2) is 5.78 Å². The summed E-state index contributed by atoms with van der Waals surface area (Å²) in [5.41, 5.74) is 6.29. The zero-order valence-electron chi connectivity index (χ0n) is 20.3. The molecule has 2 aromatic carbocycles. The van der Waals surface area contributed by atoms with Gasteiger partial charge in [-0.1, -0.05) is 12.1 Å². The topological polar surface area (TPSA) is 119 Å². The highest BCUT2D eigenvalue weighted by molar-refractivity contribution is 7.89. The number of aromatic nitrogens is 2. The summed E-state index contributed by atoms with van der Waals surface area (Å²) in [4.78, 5) is 21.3. The molecule has 2 N–H and O–H groups in total. The first-order chi connectivity index (χ1) is 18.4. The van der Waals surface area contributed by atoms with Crippen LogP contribution in [0.5, 0.6) is 0 Å². The van der Waals surface area contributed by atoms with Gasteiger partial charge in [-0.25, -0.2) is 22.8 Å². The summed E-state index contributed by atoms with van der Waals surface area (Å²) in [6.45, 7) is 0.128. The van der Waals surface area contributed by atoms with E-state index in [-0.39, 0.29) is 41.8 Å². The van der Waals surface area contributed by atoms with Crippen LogP contribution >= 0.6 is 0 Å². The third-order valence-corrected chi connectivity index (χ3v) is 8.29. The Labute approximate surface area is 220 Å². The van der Waals surface area contributed by atoms with Crippen molar-refractivity contribution < 1.29 is 35.2 Å². The molecule has 0 radical (unpaired) electrons.